The van der Waals surface area contributed by atoms with Crippen molar-refractivity contribution in [1.82, 2.24) is 25.3 Å². The number of ether oxygens (including phenoxy) is 1. The van der Waals surface area contributed by atoms with E-state index < -0.39 is 0 Å². The Morgan fingerprint density at radius 3 is 2.67 bits per heavy atom. The molecule has 0 aliphatic heterocycles. The lowest BCUT2D eigenvalue weighted by Gasteiger charge is -2.21. The monoisotopic (exact) mass is 289 g/mol. The Balaban J connectivity index is 2.07. The smallest absolute Gasteiger partial charge is 0.142 e. The molecule has 6 nitrogen and oxygen atoms in total. The van der Waals surface area contributed by atoms with Crippen LogP contribution in [0.3, 0.4) is 0 Å². The number of hydrogen-bond acceptors (Lipinski definition) is 5. The summed E-state index contributed by atoms with van der Waals surface area (Å²) >= 11 is 0. The zero-order valence-corrected chi connectivity index (χ0v) is 13.3. The lowest BCUT2D eigenvalue weighted by molar-refractivity contribution is 0.293. The van der Waals surface area contributed by atoms with Crippen molar-refractivity contribution in [2.45, 2.75) is 46.4 Å². The van der Waals surface area contributed by atoms with E-state index in [1.54, 1.807) is 4.68 Å². The molecule has 114 valence electrons. The van der Waals surface area contributed by atoms with Crippen LogP contribution >= 0.6 is 0 Å². The second-order valence-corrected chi connectivity index (χ2v) is 6.17. The molecule has 0 aliphatic rings. The van der Waals surface area contributed by atoms with E-state index >= 15 is 0 Å². The molecule has 0 unspecified atom stereocenters. The largest absolute Gasteiger partial charge is 0.485 e. The van der Waals surface area contributed by atoms with Gasteiger partial charge in [-0.05, 0) is 39.8 Å². The first-order valence-electron chi connectivity index (χ1n) is 7.03. The van der Waals surface area contributed by atoms with Gasteiger partial charge in [-0.15, -0.1) is 5.10 Å². The van der Waals surface area contributed by atoms with Gasteiger partial charge in [0.15, 0.2) is 0 Å². The van der Waals surface area contributed by atoms with Gasteiger partial charge in [-0.1, -0.05) is 5.21 Å². The molecule has 0 saturated carbocycles. The molecule has 0 spiro atoms. The first-order chi connectivity index (χ1) is 9.83. The van der Waals surface area contributed by atoms with Crippen molar-refractivity contribution in [3.05, 3.63) is 35.4 Å². The number of pyridine rings is 1. The van der Waals surface area contributed by atoms with Crippen molar-refractivity contribution >= 4 is 0 Å². The lowest BCUT2D eigenvalue weighted by atomic mass is 10.1. The topological polar surface area (TPSA) is 64.9 Å². The number of nitrogens with zero attached hydrogens (tertiary/aromatic N) is 4. The van der Waals surface area contributed by atoms with Crippen molar-refractivity contribution < 1.29 is 4.74 Å². The second-order valence-electron chi connectivity index (χ2n) is 6.17. The molecule has 2 aromatic rings. The van der Waals surface area contributed by atoms with Crippen LogP contribution in [-0.2, 0) is 20.2 Å². The van der Waals surface area contributed by atoms with Gasteiger partial charge in [0.2, 0.25) is 0 Å². The lowest BCUT2D eigenvalue weighted by Crippen LogP contribution is -2.35. The van der Waals surface area contributed by atoms with E-state index in [1.807, 2.05) is 32.3 Å². The Hall–Kier alpha value is -1.95. The van der Waals surface area contributed by atoms with Crippen LogP contribution in [0.5, 0.6) is 5.75 Å². The predicted molar refractivity (Wildman–Crippen MR) is 80.9 cm³/mol. The van der Waals surface area contributed by atoms with Crippen LogP contribution in [0, 0.1) is 6.92 Å². The highest BCUT2D eigenvalue weighted by Crippen LogP contribution is 2.19. The Morgan fingerprint density at radius 2 is 2.05 bits per heavy atom. The molecule has 2 aromatic heterocycles. The number of hydrogen-bond donors (Lipinski definition) is 1. The molecule has 0 saturated heterocycles. The third-order valence-corrected chi connectivity index (χ3v) is 2.88. The maximum Gasteiger partial charge on any atom is 0.142 e. The fraction of sp³-hybridized carbons (Fsp3) is 0.533. The normalized spacial score (nSPS) is 11.7. The minimum absolute atomic E-state index is 0.0353. The molecule has 21 heavy (non-hydrogen) atoms. The molecule has 1 N–H and O–H groups in total. The van der Waals surface area contributed by atoms with Crippen molar-refractivity contribution in [2.24, 2.45) is 7.05 Å². The van der Waals surface area contributed by atoms with Crippen LogP contribution < -0.4 is 10.1 Å². The van der Waals surface area contributed by atoms with Crippen LogP contribution in [0.25, 0.3) is 0 Å². The van der Waals surface area contributed by atoms with E-state index in [0.717, 1.165) is 22.8 Å². The second kappa shape index (κ2) is 6.22. The van der Waals surface area contributed by atoms with Crippen LogP contribution in [-0.4, -0.2) is 25.5 Å². The fourth-order valence-corrected chi connectivity index (χ4v) is 1.82. The highest BCUT2D eigenvalue weighted by molar-refractivity contribution is 5.29. The Kier molecular flexibility index (Phi) is 4.57. The molecule has 6 heteroatoms. The van der Waals surface area contributed by atoms with Gasteiger partial charge in [-0.3, -0.25) is 9.67 Å². The average Bonchev–Trinajstić information content (AvgIpc) is 2.80. The van der Waals surface area contributed by atoms with Gasteiger partial charge in [0, 0.05) is 24.8 Å². The summed E-state index contributed by atoms with van der Waals surface area (Å²) in [5.74, 6) is 0.781. The van der Waals surface area contributed by atoms with Gasteiger partial charge < -0.3 is 10.1 Å². The van der Waals surface area contributed by atoms with Crippen LogP contribution in [0.2, 0.25) is 0 Å². The molecular formula is C15H23N5O. The summed E-state index contributed by atoms with van der Waals surface area (Å²) in [6.07, 6.45) is 1.84. The highest BCUT2D eigenvalue weighted by atomic mass is 16.5. The molecule has 0 aromatic carbocycles. The number of aromatic nitrogens is 4. The van der Waals surface area contributed by atoms with Crippen LogP contribution in [0.15, 0.2) is 18.3 Å². The van der Waals surface area contributed by atoms with Crippen molar-refractivity contribution in [3.63, 3.8) is 0 Å². The number of nitrogens with one attached hydrogen (secondary N) is 1. The van der Waals surface area contributed by atoms with E-state index in [9.17, 15) is 0 Å². The van der Waals surface area contributed by atoms with E-state index in [-0.39, 0.29) is 5.54 Å². The molecular weight excluding hydrogens is 266 g/mol. The maximum atomic E-state index is 5.84. The fourth-order valence-electron chi connectivity index (χ4n) is 1.82. The molecule has 0 fully saturated rings. The van der Waals surface area contributed by atoms with E-state index in [2.05, 4.69) is 41.4 Å². The summed E-state index contributed by atoms with van der Waals surface area (Å²) in [4.78, 5) is 4.56. The van der Waals surface area contributed by atoms with Gasteiger partial charge in [0.05, 0.1) is 11.9 Å². The summed E-state index contributed by atoms with van der Waals surface area (Å²) in [7, 11) is 1.84. The molecule has 0 atom stereocenters. The van der Waals surface area contributed by atoms with Gasteiger partial charge in [0.1, 0.15) is 18.1 Å². The third-order valence-electron chi connectivity index (χ3n) is 2.88. The van der Waals surface area contributed by atoms with Crippen molar-refractivity contribution in [2.75, 3.05) is 0 Å². The first-order valence-corrected chi connectivity index (χ1v) is 7.03. The molecule has 0 radical (unpaired) electrons. The molecule has 2 heterocycles. The van der Waals surface area contributed by atoms with Gasteiger partial charge in [-0.2, -0.15) is 0 Å². The minimum Gasteiger partial charge on any atom is -0.485 e. The van der Waals surface area contributed by atoms with E-state index in [4.69, 9.17) is 4.74 Å². The first kappa shape index (κ1) is 15.4. The molecule has 0 aliphatic carbocycles. The van der Waals surface area contributed by atoms with E-state index in [0.29, 0.717) is 13.2 Å². The molecule has 0 amide bonds. The standard InChI is InChI=1S/C15H23N5O/c1-11-6-7-14(13(17-11)8-16-15(2,3)4)21-10-12-9-20(5)19-18-12/h6-7,9,16H,8,10H2,1-5H3. The van der Waals surface area contributed by atoms with Gasteiger partial charge in [-0.25, -0.2) is 0 Å². The maximum absolute atomic E-state index is 5.84. The SMILES string of the molecule is Cc1ccc(OCc2cn(C)nn2)c(CNC(C)(C)C)n1. The Bertz CT molecular complexity index is 600. The van der Waals surface area contributed by atoms with Crippen LogP contribution in [0.4, 0.5) is 0 Å². The highest BCUT2D eigenvalue weighted by Gasteiger charge is 2.13. The number of rotatable bonds is 5. The Morgan fingerprint density at radius 1 is 1.29 bits per heavy atom. The number of aryl methyl sites for hydroxylation is 2. The zero-order chi connectivity index (χ0) is 15.5. The predicted octanol–water partition coefficient (Wildman–Crippen LogP) is 1.99. The van der Waals surface area contributed by atoms with Crippen molar-refractivity contribution in [3.8, 4) is 5.75 Å². The minimum atomic E-state index is 0.0353. The summed E-state index contributed by atoms with van der Waals surface area (Å²) < 4.78 is 7.50. The van der Waals surface area contributed by atoms with Gasteiger partial charge >= 0.3 is 0 Å². The summed E-state index contributed by atoms with van der Waals surface area (Å²) in [6.45, 7) is 9.42. The average molecular weight is 289 g/mol. The van der Waals surface area contributed by atoms with Crippen molar-refractivity contribution in [1.29, 1.82) is 0 Å². The molecule has 0 bridgehead atoms. The zero-order valence-electron chi connectivity index (χ0n) is 13.3. The van der Waals surface area contributed by atoms with Crippen LogP contribution in [0.1, 0.15) is 37.9 Å². The Labute approximate surface area is 125 Å². The molecule has 2 rings (SSSR count). The summed E-state index contributed by atoms with van der Waals surface area (Å²) in [6, 6.07) is 3.91. The summed E-state index contributed by atoms with van der Waals surface area (Å²) in [5, 5.41) is 11.3. The van der Waals surface area contributed by atoms with E-state index in [1.165, 1.54) is 0 Å². The third kappa shape index (κ3) is 4.82. The summed E-state index contributed by atoms with van der Waals surface area (Å²) in [5.41, 5.74) is 2.72. The van der Waals surface area contributed by atoms with Gasteiger partial charge in [0.25, 0.3) is 0 Å². The quantitative estimate of drug-likeness (QED) is 0.912.